The molecule has 0 unspecified atom stereocenters. The molecule has 2 aliphatic heterocycles. The molecule has 2 saturated heterocycles. The molecule has 0 saturated carbocycles. The molecule has 2 N–H and O–H groups in total. The van der Waals surface area contributed by atoms with Crippen molar-refractivity contribution in [1.29, 1.82) is 0 Å². The summed E-state index contributed by atoms with van der Waals surface area (Å²) in [5, 5.41) is 1.23. The second-order valence-electron chi connectivity index (χ2n) is 8.02. The lowest BCUT2D eigenvalue weighted by Crippen LogP contribution is -2.41. The van der Waals surface area contributed by atoms with Crippen LogP contribution in [-0.2, 0) is 4.74 Å². The number of nitrogens with zero attached hydrogens (tertiary/aromatic N) is 5. The minimum absolute atomic E-state index is 0.357. The van der Waals surface area contributed by atoms with Gasteiger partial charge in [-0.05, 0) is 30.7 Å². The van der Waals surface area contributed by atoms with E-state index in [1.54, 1.807) is 18.6 Å². The Morgan fingerprint density at radius 3 is 2.68 bits per heavy atom. The number of hydrogen-bond acceptors (Lipinski definition) is 8. The van der Waals surface area contributed by atoms with E-state index in [4.69, 9.17) is 22.1 Å². The molecule has 31 heavy (non-hydrogen) atoms. The summed E-state index contributed by atoms with van der Waals surface area (Å²) in [4.78, 5) is 20.8. The maximum absolute atomic E-state index is 6.66. The third-order valence-electron chi connectivity index (χ3n) is 6.09. The summed E-state index contributed by atoms with van der Waals surface area (Å²) in [6, 6.07) is 5.80. The van der Waals surface area contributed by atoms with Crippen LogP contribution in [0.15, 0.2) is 52.9 Å². The van der Waals surface area contributed by atoms with Gasteiger partial charge in [-0.3, -0.25) is 9.97 Å². The van der Waals surface area contributed by atoms with Gasteiger partial charge in [0.15, 0.2) is 5.82 Å². The van der Waals surface area contributed by atoms with Crippen LogP contribution in [0.5, 0.6) is 0 Å². The first-order chi connectivity index (χ1) is 15.1. The lowest BCUT2D eigenvalue weighted by Gasteiger charge is -2.38. The molecule has 0 bridgehead atoms. The minimum atomic E-state index is 0.357. The molecule has 2 aromatic heterocycles. The van der Waals surface area contributed by atoms with Gasteiger partial charge in [-0.2, -0.15) is 0 Å². The molecule has 2 fully saturated rings. The zero-order valence-corrected chi connectivity index (χ0v) is 18.6. The number of aromatic nitrogens is 4. The summed E-state index contributed by atoms with van der Waals surface area (Å²) in [6.45, 7) is 3.68. The third kappa shape index (κ3) is 4.20. The molecular weight excluding hydrogens is 432 g/mol. The predicted molar refractivity (Wildman–Crippen MR) is 122 cm³/mol. The Kier molecular flexibility index (Phi) is 5.69. The number of ether oxygens (including phenoxy) is 1. The summed E-state index contributed by atoms with van der Waals surface area (Å²) < 4.78 is 5.63. The fraction of sp³-hybridized carbons (Fsp3) is 0.364. The van der Waals surface area contributed by atoms with Gasteiger partial charge in [0.25, 0.3) is 0 Å². The van der Waals surface area contributed by atoms with Gasteiger partial charge in [0.2, 0.25) is 0 Å². The number of hydrogen-bond donors (Lipinski definition) is 1. The number of anilines is 2. The molecule has 4 heterocycles. The molecule has 1 spiro atoms. The Balaban J connectivity index is 1.32. The lowest BCUT2D eigenvalue weighted by atomic mass is 9.78. The topological polar surface area (TPSA) is 90.0 Å². The van der Waals surface area contributed by atoms with Crippen molar-refractivity contribution < 1.29 is 4.74 Å². The highest BCUT2D eigenvalue weighted by Crippen LogP contribution is 2.41. The molecule has 0 atom stereocenters. The van der Waals surface area contributed by atoms with Crippen molar-refractivity contribution in [3.05, 3.63) is 48.0 Å². The standard InChI is InChI=1S/C22H23ClN6OS/c23-19-15(16-12-25-7-8-26-16)2-1-3-17(19)31-21-20(24)28-18(13-27-21)29-9-4-22(5-10-29)6-11-30-14-22/h1-3,7-8,12-13H,4-6,9-11,14H2,(H2,24,28). The minimum Gasteiger partial charge on any atom is -0.381 e. The van der Waals surface area contributed by atoms with Crippen molar-refractivity contribution in [3.8, 4) is 11.3 Å². The van der Waals surface area contributed by atoms with E-state index in [-0.39, 0.29) is 0 Å². The Bertz CT molecular complexity index is 1070. The van der Waals surface area contributed by atoms with Crippen molar-refractivity contribution in [1.82, 2.24) is 19.9 Å². The lowest BCUT2D eigenvalue weighted by molar-refractivity contribution is 0.133. The first-order valence-electron chi connectivity index (χ1n) is 10.3. The number of piperidine rings is 1. The van der Waals surface area contributed by atoms with E-state index in [0.717, 1.165) is 61.1 Å². The van der Waals surface area contributed by atoms with E-state index < -0.39 is 0 Å². The van der Waals surface area contributed by atoms with Gasteiger partial charge in [-0.25, -0.2) is 9.97 Å². The molecule has 160 valence electrons. The van der Waals surface area contributed by atoms with Crippen molar-refractivity contribution in [2.24, 2.45) is 5.41 Å². The smallest absolute Gasteiger partial charge is 0.158 e. The van der Waals surface area contributed by atoms with Crippen molar-refractivity contribution in [2.45, 2.75) is 29.2 Å². The SMILES string of the molecule is Nc1nc(N2CCC3(CCOC3)CC2)cnc1Sc1cccc(-c2cnccn2)c1Cl. The van der Waals surface area contributed by atoms with Gasteiger partial charge in [0.05, 0.1) is 29.7 Å². The van der Waals surface area contributed by atoms with Crippen LogP contribution < -0.4 is 10.6 Å². The zero-order valence-electron chi connectivity index (χ0n) is 17.0. The molecule has 0 radical (unpaired) electrons. The Labute approximate surface area is 190 Å². The van der Waals surface area contributed by atoms with Crippen LogP contribution >= 0.6 is 23.4 Å². The van der Waals surface area contributed by atoms with Crippen LogP contribution in [-0.4, -0.2) is 46.2 Å². The fourth-order valence-corrected chi connectivity index (χ4v) is 5.35. The first-order valence-corrected chi connectivity index (χ1v) is 11.5. The normalized spacial score (nSPS) is 17.9. The number of rotatable bonds is 4. The van der Waals surface area contributed by atoms with E-state index >= 15 is 0 Å². The van der Waals surface area contributed by atoms with Gasteiger partial charge in [-0.1, -0.05) is 35.5 Å². The Morgan fingerprint density at radius 2 is 1.97 bits per heavy atom. The molecule has 0 amide bonds. The predicted octanol–water partition coefficient (Wildman–Crippen LogP) is 4.33. The molecule has 9 heteroatoms. The number of nitrogen functional groups attached to an aromatic ring is 1. The van der Waals surface area contributed by atoms with Crippen molar-refractivity contribution >= 4 is 35.0 Å². The molecule has 5 rings (SSSR count). The third-order valence-corrected chi connectivity index (χ3v) is 7.68. The summed E-state index contributed by atoms with van der Waals surface area (Å²) >= 11 is 8.07. The number of halogens is 1. The second-order valence-corrected chi connectivity index (χ2v) is 9.43. The average molecular weight is 455 g/mol. The van der Waals surface area contributed by atoms with Crippen LogP contribution in [0.25, 0.3) is 11.3 Å². The molecular formula is C22H23ClN6OS. The fourth-order valence-electron chi connectivity index (χ4n) is 4.20. The Hall–Kier alpha value is -2.42. The Morgan fingerprint density at radius 1 is 1.10 bits per heavy atom. The van der Waals surface area contributed by atoms with Gasteiger partial charge < -0.3 is 15.4 Å². The number of benzene rings is 1. The summed E-state index contributed by atoms with van der Waals surface area (Å²) in [6.07, 6.45) is 10.2. The quantitative estimate of drug-likeness (QED) is 0.623. The number of nitrogens with two attached hydrogens (primary N) is 1. The monoisotopic (exact) mass is 454 g/mol. The second kappa shape index (κ2) is 8.61. The van der Waals surface area contributed by atoms with Gasteiger partial charge >= 0.3 is 0 Å². The van der Waals surface area contributed by atoms with E-state index in [1.807, 2.05) is 24.4 Å². The molecule has 7 nitrogen and oxygen atoms in total. The van der Waals surface area contributed by atoms with Gasteiger partial charge in [0.1, 0.15) is 10.8 Å². The van der Waals surface area contributed by atoms with E-state index in [0.29, 0.717) is 21.3 Å². The first kappa shape index (κ1) is 20.5. The van der Waals surface area contributed by atoms with Gasteiger partial charge in [-0.15, -0.1) is 0 Å². The van der Waals surface area contributed by atoms with Crippen LogP contribution in [0.4, 0.5) is 11.6 Å². The average Bonchev–Trinajstić information content (AvgIpc) is 3.25. The highest BCUT2D eigenvalue weighted by atomic mass is 35.5. The van der Waals surface area contributed by atoms with E-state index in [2.05, 4.69) is 24.8 Å². The zero-order chi connectivity index (χ0) is 21.3. The van der Waals surface area contributed by atoms with Crippen molar-refractivity contribution in [2.75, 3.05) is 36.9 Å². The summed E-state index contributed by atoms with van der Waals surface area (Å²) in [5.41, 5.74) is 8.18. The largest absolute Gasteiger partial charge is 0.381 e. The maximum Gasteiger partial charge on any atom is 0.158 e. The molecule has 0 aliphatic carbocycles. The van der Waals surface area contributed by atoms with E-state index in [1.165, 1.54) is 18.2 Å². The summed E-state index contributed by atoms with van der Waals surface area (Å²) in [5.74, 6) is 1.24. The highest BCUT2D eigenvalue weighted by Gasteiger charge is 2.38. The van der Waals surface area contributed by atoms with Crippen molar-refractivity contribution in [3.63, 3.8) is 0 Å². The maximum atomic E-state index is 6.66. The van der Waals surface area contributed by atoms with Crippen LogP contribution in [0.2, 0.25) is 5.02 Å². The van der Waals surface area contributed by atoms with Crippen LogP contribution in [0.1, 0.15) is 19.3 Å². The van der Waals surface area contributed by atoms with E-state index in [9.17, 15) is 0 Å². The van der Waals surface area contributed by atoms with Crippen LogP contribution in [0, 0.1) is 5.41 Å². The van der Waals surface area contributed by atoms with Crippen LogP contribution in [0.3, 0.4) is 0 Å². The van der Waals surface area contributed by atoms with Gasteiger partial charge in [0, 0.05) is 42.5 Å². The molecule has 3 aromatic rings. The highest BCUT2D eigenvalue weighted by molar-refractivity contribution is 7.99. The molecule has 2 aliphatic rings. The summed E-state index contributed by atoms with van der Waals surface area (Å²) in [7, 11) is 0. The molecule has 1 aromatic carbocycles.